The lowest BCUT2D eigenvalue weighted by atomic mass is 9.98. The number of benzene rings is 2. The van der Waals surface area contributed by atoms with Crippen LogP contribution in [0.1, 0.15) is 28.9 Å². The molecule has 30 heavy (non-hydrogen) atoms. The fraction of sp³-hybridized carbons (Fsp3) is 0.120. The Morgan fingerprint density at radius 1 is 0.900 bits per heavy atom. The summed E-state index contributed by atoms with van der Waals surface area (Å²) in [6.07, 6.45) is 6.13. The molecule has 4 aromatic rings. The number of thiocarbonyl (C=S) groups is 1. The topological polar surface area (TPSA) is 33.1 Å². The van der Waals surface area contributed by atoms with Crippen LogP contribution >= 0.6 is 12.2 Å². The van der Waals surface area contributed by atoms with Gasteiger partial charge in [0.25, 0.3) is 0 Å². The third-order valence-corrected chi connectivity index (χ3v) is 5.80. The summed E-state index contributed by atoms with van der Waals surface area (Å²) in [5.74, 6) is 0. The lowest BCUT2D eigenvalue weighted by Gasteiger charge is -2.27. The van der Waals surface area contributed by atoms with Crippen molar-refractivity contribution in [1.82, 2.24) is 14.9 Å². The van der Waals surface area contributed by atoms with Gasteiger partial charge in [-0.25, -0.2) is 0 Å². The Hall–Kier alpha value is -3.44. The first kappa shape index (κ1) is 18.6. The molecule has 2 aromatic carbocycles. The number of nitrogens with one attached hydrogen (secondary N) is 1. The van der Waals surface area contributed by atoms with Gasteiger partial charge in [-0.1, -0.05) is 36.4 Å². The molecule has 0 bridgehead atoms. The van der Waals surface area contributed by atoms with E-state index < -0.39 is 0 Å². The standard InChI is InChI=1S/C25H22N4S/c1-18-8-7-11-21(16-18)29-24(23(27-25(29)30)22-12-5-6-14-26-22)19-13-15-28(17-19)20-9-3-2-4-10-20/h2-17,23-24H,1H3,(H,27,30)/t23-,24-/m0/s1. The molecule has 0 saturated carbocycles. The minimum Gasteiger partial charge on any atom is -0.351 e. The zero-order chi connectivity index (χ0) is 20.5. The van der Waals surface area contributed by atoms with Crippen molar-refractivity contribution in [2.24, 2.45) is 0 Å². The fourth-order valence-electron chi connectivity index (χ4n) is 4.10. The maximum atomic E-state index is 5.80. The predicted molar refractivity (Wildman–Crippen MR) is 125 cm³/mol. The molecule has 3 heterocycles. The zero-order valence-corrected chi connectivity index (χ0v) is 17.5. The first-order chi connectivity index (χ1) is 14.7. The maximum Gasteiger partial charge on any atom is 0.174 e. The van der Waals surface area contributed by atoms with Crippen molar-refractivity contribution in [3.63, 3.8) is 0 Å². The largest absolute Gasteiger partial charge is 0.351 e. The summed E-state index contributed by atoms with van der Waals surface area (Å²) >= 11 is 5.80. The number of anilines is 1. The minimum atomic E-state index is -0.0363. The highest BCUT2D eigenvalue weighted by molar-refractivity contribution is 7.80. The van der Waals surface area contributed by atoms with Crippen molar-refractivity contribution in [3.05, 3.63) is 114 Å². The molecule has 0 radical (unpaired) electrons. The van der Waals surface area contributed by atoms with Crippen LogP contribution in [-0.4, -0.2) is 14.7 Å². The molecule has 1 N–H and O–H groups in total. The van der Waals surface area contributed by atoms with Crippen LogP contribution in [0.2, 0.25) is 0 Å². The Labute approximate surface area is 181 Å². The first-order valence-corrected chi connectivity index (χ1v) is 10.4. The van der Waals surface area contributed by atoms with Gasteiger partial charge >= 0.3 is 0 Å². The smallest absolute Gasteiger partial charge is 0.174 e. The van der Waals surface area contributed by atoms with Crippen molar-refractivity contribution < 1.29 is 0 Å². The third-order valence-electron chi connectivity index (χ3n) is 5.49. The van der Waals surface area contributed by atoms with E-state index in [-0.39, 0.29) is 12.1 Å². The molecule has 5 heteroatoms. The first-order valence-electron chi connectivity index (χ1n) is 10.0. The van der Waals surface area contributed by atoms with Gasteiger partial charge in [-0.05, 0) is 72.7 Å². The zero-order valence-electron chi connectivity index (χ0n) is 16.6. The van der Waals surface area contributed by atoms with Gasteiger partial charge in [0.15, 0.2) is 5.11 Å². The van der Waals surface area contributed by atoms with E-state index in [0.29, 0.717) is 5.11 Å². The van der Waals surface area contributed by atoms with Gasteiger partial charge in [-0.3, -0.25) is 4.98 Å². The van der Waals surface area contributed by atoms with Crippen LogP contribution in [0.3, 0.4) is 0 Å². The summed E-state index contributed by atoms with van der Waals surface area (Å²) < 4.78 is 2.15. The van der Waals surface area contributed by atoms with Crippen LogP contribution in [-0.2, 0) is 0 Å². The van der Waals surface area contributed by atoms with E-state index in [1.54, 1.807) is 0 Å². The Bertz CT molecular complexity index is 1170. The van der Waals surface area contributed by atoms with Gasteiger partial charge < -0.3 is 14.8 Å². The van der Waals surface area contributed by atoms with Crippen LogP contribution in [0.15, 0.2) is 97.5 Å². The third kappa shape index (κ3) is 3.37. The van der Waals surface area contributed by atoms with Gasteiger partial charge in [0.1, 0.15) is 0 Å². The second-order valence-corrected chi connectivity index (χ2v) is 7.91. The number of nitrogens with zero attached hydrogens (tertiary/aromatic N) is 3. The Morgan fingerprint density at radius 2 is 1.70 bits per heavy atom. The average Bonchev–Trinajstić information content (AvgIpc) is 3.39. The molecule has 0 unspecified atom stereocenters. The van der Waals surface area contributed by atoms with Crippen molar-refractivity contribution in [1.29, 1.82) is 0 Å². The van der Waals surface area contributed by atoms with Crippen molar-refractivity contribution in [2.45, 2.75) is 19.0 Å². The van der Waals surface area contributed by atoms with Gasteiger partial charge in [0.2, 0.25) is 0 Å². The number of aromatic nitrogens is 2. The highest BCUT2D eigenvalue weighted by Gasteiger charge is 2.41. The molecule has 2 atom stereocenters. The van der Waals surface area contributed by atoms with Crippen molar-refractivity contribution >= 4 is 23.0 Å². The van der Waals surface area contributed by atoms with Crippen LogP contribution in [0.25, 0.3) is 5.69 Å². The highest BCUT2D eigenvalue weighted by atomic mass is 32.1. The molecule has 1 aliphatic heterocycles. The van der Waals surface area contributed by atoms with E-state index >= 15 is 0 Å². The summed E-state index contributed by atoms with van der Waals surface area (Å²) in [7, 11) is 0. The normalized spacial score (nSPS) is 18.4. The van der Waals surface area contributed by atoms with Gasteiger partial charge in [0, 0.05) is 30.0 Å². The molecule has 1 aliphatic rings. The van der Waals surface area contributed by atoms with Gasteiger partial charge in [-0.2, -0.15) is 0 Å². The molecule has 1 fully saturated rings. The molecule has 0 amide bonds. The van der Waals surface area contributed by atoms with Crippen LogP contribution in [0.5, 0.6) is 0 Å². The lowest BCUT2D eigenvalue weighted by molar-refractivity contribution is 0.568. The summed E-state index contributed by atoms with van der Waals surface area (Å²) in [6, 6.07) is 27.0. The number of aryl methyl sites for hydroxylation is 1. The molecule has 0 aliphatic carbocycles. The van der Waals surface area contributed by atoms with E-state index in [9.17, 15) is 0 Å². The van der Waals surface area contributed by atoms with E-state index in [4.69, 9.17) is 12.2 Å². The lowest BCUT2D eigenvalue weighted by Crippen LogP contribution is -2.29. The second-order valence-electron chi connectivity index (χ2n) is 7.52. The number of hydrogen-bond donors (Lipinski definition) is 1. The fourth-order valence-corrected chi connectivity index (χ4v) is 4.44. The highest BCUT2D eigenvalue weighted by Crippen LogP contribution is 2.41. The van der Waals surface area contributed by atoms with E-state index in [2.05, 4.69) is 99.7 Å². The van der Waals surface area contributed by atoms with E-state index in [0.717, 1.165) is 17.1 Å². The molecule has 5 rings (SSSR count). The van der Waals surface area contributed by atoms with Crippen LogP contribution in [0, 0.1) is 6.92 Å². The monoisotopic (exact) mass is 410 g/mol. The SMILES string of the molecule is Cc1cccc(N2C(=S)N[C@@H](c3ccccn3)[C@@H]2c2ccn(-c3ccccc3)c2)c1. The number of para-hydroxylation sites is 1. The number of hydrogen-bond acceptors (Lipinski definition) is 2. The average molecular weight is 411 g/mol. The minimum absolute atomic E-state index is 0.000776. The Morgan fingerprint density at radius 3 is 2.47 bits per heavy atom. The summed E-state index contributed by atoms with van der Waals surface area (Å²) in [6.45, 7) is 2.10. The maximum absolute atomic E-state index is 5.80. The van der Waals surface area contributed by atoms with Crippen LogP contribution in [0.4, 0.5) is 5.69 Å². The van der Waals surface area contributed by atoms with Crippen LogP contribution < -0.4 is 10.2 Å². The molecule has 1 saturated heterocycles. The van der Waals surface area contributed by atoms with E-state index in [1.165, 1.54) is 11.1 Å². The summed E-state index contributed by atoms with van der Waals surface area (Å²) in [5, 5.41) is 4.24. The van der Waals surface area contributed by atoms with Crippen molar-refractivity contribution in [3.8, 4) is 5.69 Å². The molecule has 4 nitrogen and oxygen atoms in total. The molecule has 2 aromatic heterocycles. The summed E-state index contributed by atoms with van der Waals surface area (Å²) in [5.41, 5.74) is 5.59. The van der Waals surface area contributed by atoms with Gasteiger partial charge in [0.05, 0.1) is 17.8 Å². The van der Waals surface area contributed by atoms with Gasteiger partial charge in [-0.15, -0.1) is 0 Å². The Balaban J connectivity index is 1.61. The van der Waals surface area contributed by atoms with E-state index in [1.807, 2.05) is 24.4 Å². The molecular formula is C25H22N4S. The number of rotatable bonds is 4. The second kappa shape index (κ2) is 7.76. The quantitative estimate of drug-likeness (QED) is 0.459. The molecule has 0 spiro atoms. The molecular weight excluding hydrogens is 388 g/mol. The number of pyridine rings is 1. The molecule has 148 valence electrons. The van der Waals surface area contributed by atoms with Crippen molar-refractivity contribution in [2.75, 3.05) is 4.90 Å². The summed E-state index contributed by atoms with van der Waals surface area (Å²) in [4.78, 5) is 6.84. The predicted octanol–water partition coefficient (Wildman–Crippen LogP) is 5.36. The Kier molecular flexibility index (Phi) is 4.81.